The zero-order chi connectivity index (χ0) is 31.4. The van der Waals surface area contributed by atoms with Crippen molar-refractivity contribution in [1.82, 2.24) is 9.55 Å². The quantitative estimate of drug-likeness (QED) is 0.190. The van der Waals surface area contributed by atoms with Gasteiger partial charge in [0.1, 0.15) is 5.82 Å². The van der Waals surface area contributed by atoms with Crippen LogP contribution in [0.2, 0.25) is 0 Å². The summed E-state index contributed by atoms with van der Waals surface area (Å²) in [5.74, 6) is 0.934. The molecule has 0 saturated carbocycles. The monoisotopic (exact) mass is 600 g/mol. The van der Waals surface area contributed by atoms with Crippen molar-refractivity contribution >= 4 is 33.2 Å². The normalized spacial score (nSPS) is 15.1. The smallest absolute Gasteiger partial charge is 0.138 e. The molecule has 0 N–H and O–H groups in total. The Balaban J connectivity index is 1.22. The molecule has 0 atom stereocenters. The van der Waals surface area contributed by atoms with Gasteiger partial charge in [0.2, 0.25) is 0 Å². The zero-order valence-electron chi connectivity index (χ0n) is 27.1. The van der Waals surface area contributed by atoms with E-state index in [0.717, 1.165) is 30.9 Å². The minimum Gasteiger partial charge on any atom is -0.349 e. The predicted octanol–water partition coefficient (Wildman–Crippen LogP) is 10.4. The van der Waals surface area contributed by atoms with Crippen molar-refractivity contribution in [2.75, 3.05) is 16.5 Å². The average molecular weight is 601 g/mol. The van der Waals surface area contributed by atoms with Gasteiger partial charge < -0.3 is 9.80 Å². The highest BCUT2D eigenvalue weighted by molar-refractivity contribution is 6.09. The molecule has 0 saturated heterocycles. The number of hydrogen-bond donors (Lipinski definition) is 0. The summed E-state index contributed by atoms with van der Waals surface area (Å²) >= 11 is 0. The van der Waals surface area contributed by atoms with Gasteiger partial charge in [0.25, 0.3) is 0 Å². The molecule has 4 aromatic carbocycles. The van der Waals surface area contributed by atoms with E-state index in [-0.39, 0.29) is 5.41 Å². The molecule has 228 valence electrons. The van der Waals surface area contributed by atoms with E-state index < -0.39 is 0 Å². The van der Waals surface area contributed by atoms with Crippen molar-refractivity contribution < 1.29 is 0 Å². The van der Waals surface area contributed by atoms with Crippen LogP contribution in [0.15, 0.2) is 139 Å². The molecule has 0 fully saturated rings. The zero-order valence-corrected chi connectivity index (χ0v) is 27.1. The van der Waals surface area contributed by atoms with Crippen LogP contribution in [-0.2, 0) is 5.41 Å². The highest BCUT2D eigenvalue weighted by Crippen LogP contribution is 2.44. The topological polar surface area (TPSA) is 24.3 Å². The molecular weight excluding hydrogens is 560 g/mol. The molecule has 2 aromatic heterocycles. The summed E-state index contributed by atoms with van der Waals surface area (Å²) in [6.07, 6.45) is 8.95. The Morgan fingerprint density at radius 3 is 2.28 bits per heavy atom. The van der Waals surface area contributed by atoms with E-state index in [0.29, 0.717) is 6.04 Å². The number of rotatable bonds is 6. The van der Waals surface area contributed by atoms with Crippen LogP contribution in [0.5, 0.6) is 0 Å². The van der Waals surface area contributed by atoms with Crippen molar-refractivity contribution in [3.8, 4) is 16.9 Å². The summed E-state index contributed by atoms with van der Waals surface area (Å²) < 4.78 is 2.34. The predicted molar refractivity (Wildman–Crippen MR) is 194 cm³/mol. The number of nitrogens with zero attached hydrogens (tertiary/aromatic N) is 4. The molecule has 0 radical (unpaired) electrons. The molecule has 0 amide bonds. The molecule has 0 spiro atoms. The van der Waals surface area contributed by atoms with Crippen LogP contribution in [0.4, 0.5) is 11.4 Å². The van der Waals surface area contributed by atoms with E-state index in [9.17, 15) is 0 Å². The maximum absolute atomic E-state index is 4.91. The second-order valence-corrected chi connectivity index (χ2v) is 13.4. The minimum atomic E-state index is -0.183. The lowest BCUT2D eigenvalue weighted by molar-refractivity contribution is 0.624. The van der Waals surface area contributed by atoms with Gasteiger partial charge in [-0.1, -0.05) is 92.7 Å². The fraction of sp³-hybridized carbons (Fsp3) is 0.214. The Hall–Kier alpha value is -5.09. The number of fused-ring (bicyclic) bond motifs is 4. The van der Waals surface area contributed by atoms with Gasteiger partial charge in [-0.3, -0.25) is 4.57 Å². The number of anilines is 2. The molecule has 6 aromatic rings. The Bertz CT molecular complexity index is 2150. The molecule has 8 rings (SSSR count). The molecule has 0 bridgehead atoms. The summed E-state index contributed by atoms with van der Waals surface area (Å²) in [6.45, 7) is 10.2. The molecule has 46 heavy (non-hydrogen) atoms. The van der Waals surface area contributed by atoms with Crippen LogP contribution in [0, 0.1) is 0 Å². The standard InChI is InChI=1S/C42H40N4/c1-29(2)44-28-45(39-20-11-10-19-38(39)44)34-16-12-15-32(26-34)42(3,4)33-21-22-36-35-17-8-9-18-37(35)46(40(36)27-33)41-25-31(23-24-43-41)30-13-6-5-7-14-30/h5-11,13-15,17-27,29H,12,16,28H2,1-4H3. The lowest BCUT2D eigenvalue weighted by Crippen LogP contribution is -2.35. The molecule has 4 heteroatoms. The maximum atomic E-state index is 4.91. The second kappa shape index (κ2) is 11.1. The molecule has 4 nitrogen and oxygen atoms in total. The van der Waals surface area contributed by atoms with Gasteiger partial charge in [-0.25, -0.2) is 4.98 Å². The number of hydrogen-bond acceptors (Lipinski definition) is 3. The van der Waals surface area contributed by atoms with Gasteiger partial charge in [-0.05, 0) is 91.4 Å². The fourth-order valence-corrected chi connectivity index (χ4v) is 7.39. The van der Waals surface area contributed by atoms with Crippen molar-refractivity contribution in [2.45, 2.75) is 52.0 Å². The summed E-state index contributed by atoms with van der Waals surface area (Å²) in [5.41, 5.74) is 11.3. The summed E-state index contributed by atoms with van der Waals surface area (Å²) in [4.78, 5) is 9.95. The minimum absolute atomic E-state index is 0.183. The maximum Gasteiger partial charge on any atom is 0.138 e. The van der Waals surface area contributed by atoms with Crippen LogP contribution in [-0.4, -0.2) is 22.3 Å². The van der Waals surface area contributed by atoms with Crippen molar-refractivity contribution in [1.29, 1.82) is 0 Å². The van der Waals surface area contributed by atoms with E-state index in [1.807, 2.05) is 6.20 Å². The second-order valence-electron chi connectivity index (χ2n) is 13.4. The van der Waals surface area contributed by atoms with Crippen LogP contribution in [0.25, 0.3) is 38.8 Å². The first-order chi connectivity index (χ1) is 22.4. The average Bonchev–Trinajstić information content (AvgIpc) is 3.65. The van der Waals surface area contributed by atoms with E-state index >= 15 is 0 Å². The van der Waals surface area contributed by atoms with E-state index in [1.54, 1.807) is 0 Å². The molecule has 2 aliphatic rings. The third kappa shape index (κ3) is 4.63. The first kappa shape index (κ1) is 28.4. The Labute approximate surface area is 271 Å². The third-order valence-electron chi connectivity index (χ3n) is 10.0. The van der Waals surface area contributed by atoms with E-state index in [4.69, 9.17) is 4.98 Å². The Morgan fingerprint density at radius 2 is 1.46 bits per heavy atom. The number of aromatic nitrogens is 2. The van der Waals surface area contributed by atoms with Crippen molar-refractivity contribution in [3.63, 3.8) is 0 Å². The van der Waals surface area contributed by atoms with Gasteiger partial charge in [-0.2, -0.15) is 0 Å². The van der Waals surface area contributed by atoms with Crippen LogP contribution in [0.3, 0.4) is 0 Å². The summed E-state index contributed by atoms with van der Waals surface area (Å²) in [6, 6.07) is 39.9. The molecule has 3 heterocycles. The van der Waals surface area contributed by atoms with Gasteiger partial charge in [0.05, 0.1) is 29.1 Å². The Kier molecular flexibility index (Phi) is 6.83. The van der Waals surface area contributed by atoms with Gasteiger partial charge in [-0.15, -0.1) is 0 Å². The highest BCUT2D eigenvalue weighted by atomic mass is 15.4. The first-order valence-electron chi connectivity index (χ1n) is 16.5. The van der Waals surface area contributed by atoms with Gasteiger partial charge in [0.15, 0.2) is 0 Å². The summed E-state index contributed by atoms with van der Waals surface area (Å²) in [7, 11) is 0. The first-order valence-corrected chi connectivity index (χ1v) is 16.5. The van der Waals surface area contributed by atoms with Gasteiger partial charge in [0, 0.05) is 34.1 Å². The molecular formula is C42H40N4. The van der Waals surface area contributed by atoms with Crippen molar-refractivity contribution in [3.05, 3.63) is 144 Å². The molecule has 1 aliphatic heterocycles. The van der Waals surface area contributed by atoms with E-state index in [2.05, 4.69) is 163 Å². The van der Waals surface area contributed by atoms with Gasteiger partial charge >= 0.3 is 0 Å². The Morgan fingerprint density at radius 1 is 0.717 bits per heavy atom. The number of allylic oxidation sites excluding steroid dienone is 4. The lowest BCUT2D eigenvalue weighted by Gasteiger charge is -2.33. The van der Waals surface area contributed by atoms with Crippen LogP contribution in [0.1, 0.15) is 46.1 Å². The summed E-state index contributed by atoms with van der Waals surface area (Å²) in [5, 5.41) is 2.49. The SMILES string of the molecule is CC(C)N1CN(C2=CC(C(C)(C)c3ccc4c5ccccc5n(-c5cc(-c6ccccc6)ccn5)c4c3)=CCC2)c2ccccc21. The van der Waals surface area contributed by atoms with Crippen LogP contribution >= 0.6 is 0 Å². The lowest BCUT2D eigenvalue weighted by atomic mass is 9.75. The fourth-order valence-electron chi connectivity index (χ4n) is 7.39. The molecule has 1 aliphatic carbocycles. The largest absolute Gasteiger partial charge is 0.349 e. The third-order valence-corrected chi connectivity index (χ3v) is 10.0. The number of pyridine rings is 1. The number of para-hydroxylation sites is 3. The number of benzene rings is 4. The molecule has 0 unspecified atom stereocenters. The van der Waals surface area contributed by atoms with Crippen molar-refractivity contribution in [2.24, 2.45) is 0 Å². The highest BCUT2D eigenvalue weighted by Gasteiger charge is 2.32. The van der Waals surface area contributed by atoms with Crippen LogP contribution < -0.4 is 9.80 Å². The van der Waals surface area contributed by atoms with E-state index in [1.165, 1.54) is 55.6 Å².